The van der Waals surface area contributed by atoms with Gasteiger partial charge in [0.05, 0.1) is 12.1 Å². The largest absolute Gasteiger partial charge is 0.383 e. The molecule has 2 heterocycles. The average molecular weight is 434 g/mol. The highest BCUT2D eigenvalue weighted by atomic mass is 35.5. The number of carbonyl (C=O) groups excluding carboxylic acids is 1. The van der Waals surface area contributed by atoms with Gasteiger partial charge in [0, 0.05) is 69.6 Å². The number of methoxy groups -OCH3 is 1. The van der Waals surface area contributed by atoms with Gasteiger partial charge in [-0.3, -0.25) is 4.79 Å². The molecule has 0 radical (unpaired) electrons. The van der Waals surface area contributed by atoms with Gasteiger partial charge in [-0.2, -0.15) is 0 Å². The number of carbonyl (C=O) groups is 1. The van der Waals surface area contributed by atoms with Gasteiger partial charge < -0.3 is 19.4 Å². The van der Waals surface area contributed by atoms with E-state index in [9.17, 15) is 4.79 Å². The fourth-order valence-corrected chi connectivity index (χ4v) is 3.93. The quantitative estimate of drug-likeness (QED) is 0.606. The summed E-state index contributed by atoms with van der Waals surface area (Å²) in [6, 6.07) is 5.68. The fourth-order valence-electron chi connectivity index (χ4n) is 3.76. The number of piperazine rings is 1. The first-order valence-corrected chi connectivity index (χ1v) is 11.1. The Morgan fingerprint density at radius 1 is 1.17 bits per heavy atom. The number of fused-ring (bicyclic) bond motifs is 1. The zero-order valence-corrected chi connectivity index (χ0v) is 19.0. The molecule has 0 atom stereocenters. The van der Waals surface area contributed by atoms with E-state index < -0.39 is 0 Å². The van der Waals surface area contributed by atoms with E-state index in [2.05, 4.69) is 21.7 Å². The number of nitrogens with zero attached hydrogens (tertiary/aromatic N) is 5. The topological polar surface area (TPSA) is 61.8 Å². The Hall–Kier alpha value is -1.96. The highest BCUT2D eigenvalue weighted by molar-refractivity contribution is 6.31. The number of aromatic nitrogens is 2. The van der Waals surface area contributed by atoms with Crippen molar-refractivity contribution in [1.29, 1.82) is 0 Å². The maximum absolute atomic E-state index is 12.8. The molecule has 1 aromatic heterocycles. The minimum Gasteiger partial charge on any atom is -0.383 e. The van der Waals surface area contributed by atoms with Crippen molar-refractivity contribution in [2.24, 2.45) is 0 Å². The Labute approximate surface area is 184 Å². The lowest BCUT2D eigenvalue weighted by Gasteiger charge is -2.34. The van der Waals surface area contributed by atoms with Crippen LogP contribution in [-0.4, -0.2) is 85.2 Å². The molecule has 164 valence electrons. The standard InChI is InChI=1S/C22H32ClN5O2/c1-4-20-24-19-16-17(23)6-7-18(19)22(25-20)28(14-15-30-3)9-8-21(29)27-12-10-26(5-2)11-13-27/h6-7,16H,4-5,8-15H2,1-3H3. The van der Waals surface area contributed by atoms with Gasteiger partial charge in [0.15, 0.2) is 0 Å². The summed E-state index contributed by atoms with van der Waals surface area (Å²) in [4.78, 5) is 28.8. The highest BCUT2D eigenvalue weighted by Gasteiger charge is 2.22. The maximum Gasteiger partial charge on any atom is 0.224 e. The minimum absolute atomic E-state index is 0.199. The summed E-state index contributed by atoms with van der Waals surface area (Å²) in [6.45, 7) is 10.6. The number of benzene rings is 1. The number of amides is 1. The van der Waals surface area contributed by atoms with Crippen molar-refractivity contribution in [1.82, 2.24) is 19.8 Å². The zero-order valence-electron chi connectivity index (χ0n) is 18.2. The second kappa shape index (κ2) is 10.9. The third-order valence-electron chi connectivity index (χ3n) is 5.63. The van der Waals surface area contributed by atoms with E-state index in [1.54, 1.807) is 7.11 Å². The van der Waals surface area contributed by atoms with Gasteiger partial charge in [-0.15, -0.1) is 0 Å². The smallest absolute Gasteiger partial charge is 0.224 e. The number of halogens is 1. The zero-order chi connectivity index (χ0) is 21.5. The predicted molar refractivity (Wildman–Crippen MR) is 121 cm³/mol. The number of rotatable bonds is 9. The first kappa shape index (κ1) is 22.7. The maximum atomic E-state index is 12.8. The van der Waals surface area contributed by atoms with Crippen molar-refractivity contribution in [2.75, 3.05) is 64.4 Å². The van der Waals surface area contributed by atoms with Crippen LogP contribution in [0.3, 0.4) is 0 Å². The van der Waals surface area contributed by atoms with Crippen molar-refractivity contribution >= 4 is 34.2 Å². The molecule has 3 rings (SSSR count). The normalized spacial score (nSPS) is 15.0. The van der Waals surface area contributed by atoms with Crippen LogP contribution >= 0.6 is 11.6 Å². The van der Waals surface area contributed by atoms with Crippen LogP contribution in [0.4, 0.5) is 5.82 Å². The van der Waals surface area contributed by atoms with E-state index in [1.165, 1.54) is 0 Å². The molecule has 1 saturated heterocycles. The molecule has 1 fully saturated rings. The van der Waals surface area contributed by atoms with E-state index >= 15 is 0 Å². The number of anilines is 1. The summed E-state index contributed by atoms with van der Waals surface area (Å²) in [5.74, 6) is 1.81. The van der Waals surface area contributed by atoms with E-state index in [-0.39, 0.29) is 5.91 Å². The average Bonchev–Trinajstić information content (AvgIpc) is 2.78. The summed E-state index contributed by atoms with van der Waals surface area (Å²) < 4.78 is 5.32. The van der Waals surface area contributed by atoms with E-state index in [0.717, 1.165) is 61.7 Å². The molecule has 1 aliphatic rings. The number of ether oxygens (including phenoxy) is 1. The van der Waals surface area contributed by atoms with Gasteiger partial charge in [0.25, 0.3) is 0 Å². The lowest BCUT2D eigenvalue weighted by atomic mass is 10.2. The number of hydrogen-bond donors (Lipinski definition) is 0. The van der Waals surface area contributed by atoms with Gasteiger partial charge in [-0.05, 0) is 24.7 Å². The van der Waals surface area contributed by atoms with Crippen molar-refractivity contribution < 1.29 is 9.53 Å². The first-order valence-electron chi connectivity index (χ1n) is 10.8. The summed E-state index contributed by atoms with van der Waals surface area (Å²) >= 11 is 6.19. The summed E-state index contributed by atoms with van der Waals surface area (Å²) in [5, 5.41) is 1.59. The first-order chi connectivity index (χ1) is 14.5. The lowest BCUT2D eigenvalue weighted by molar-refractivity contribution is -0.132. The van der Waals surface area contributed by atoms with Crippen LogP contribution in [0.15, 0.2) is 18.2 Å². The van der Waals surface area contributed by atoms with Gasteiger partial charge in [-0.1, -0.05) is 25.4 Å². The molecule has 30 heavy (non-hydrogen) atoms. The van der Waals surface area contributed by atoms with E-state index in [4.69, 9.17) is 21.3 Å². The molecule has 1 amide bonds. The second-order valence-electron chi connectivity index (χ2n) is 7.52. The fraction of sp³-hybridized carbons (Fsp3) is 0.591. The van der Waals surface area contributed by atoms with E-state index in [0.29, 0.717) is 31.1 Å². The molecule has 0 unspecified atom stereocenters. The van der Waals surface area contributed by atoms with Crippen LogP contribution in [0, 0.1) is 0 Å². The molecule has 1 aliphatic heterocycles. The molecule has 1 aromatic carbocycles. The van der Waals surface area contributed by atoms with Crippen LogP contribution in [0.1, 0.15) is 26.1 Å². The third-order valence-corrected chi connectivity index (χ3v) is 5.87. The Kier molecular flexibility index (Phi) is 8.24. The Morgan fingerprint density at radius 2 is 1.93 bits per heavy atom. The summed E-state index contributed by atoms with van der Waals surface area (Å²) in [6.07, 6.45) is 1.19. The van der Waals surface area contributed by atoms with Crippen LogP contribution in [0.5, 0.6) is 0 Å². The van der Waals surface area contributed by atoms with Crippen molar-refractivity contribution in [2.45, 2.75) is 26.7 Å². The van der Waals surface area contributed by atoms with E-state index in [1.807, 2.05) is 30.0 Å². The summed E-state index contributed by atoms with van der Waals surface area (Å²) in [7, 11) is 1.69. The van der Waals surface area contributed by atoms with Crippen LogP contribution in [0.2, 0.25) is 5.02 Å². The number of aryl methyl sites for hydroxylation is 1. The van der Waals surface area contributed by atoms with Crippen molar-refractivity contribution in [3.63, 3.8) is 0 Å². The molecule has 2 aromatic rings. The SMILES string of the molecule is CCc1nc(N(CCOC)CCC(=O)N2CCN(CC)CC2)c2ccc(Cl)cc2n1. The molecule has 0 N–H and O–H groups in total. The van der Waals surface area contributed by atoms with Gasteiger partial charge in [-0.25, -0.2) is 9.97 Å². The van der Waals surface area contributed by atoms with Crippen LogP contribution < -0.4 is 4.90 Å². The summed E-state index contributed by atoms with van der Waals surface area (Å²) in [5.41, 5.74) is 0.828. The van der Waals surface area contributed by atoms with Crippen LogP contribution in [-0.2, 0) is 16.0 Å². The van der Waals surface area contributed by atoms with Gasteiger partial charge in [0.1, 0.15) is 11.6 Å². The minimum atomic E-state index is 0.199. The monoisotopic (exact) mass is 433 g/mol. The molecule has 8 heteroatoms. The highest BCUT2D eigenvalue weighted by Crippen LogP contribution is 2.27. The molecule has 7 nitrogen and oxygen atoms in total. The third kappa shape index (κ3) is 5.59. The lowest BCUT2D eigenvalue weighted by Crippen LogP contribution is -2.49. The molecular weight excluding hydrogens is 402 g/mol. The van der Waals surface area contributed by atoms with Crippen molar-refractivity contribution in [3.8, 4) is 0 Å². The number of likely N-dealkylation sites (N-methyl/N-ethyl adjacent to an activating group) is 1. The predicted octanol–water partition coefficient (Wildman–Crippen LogP) is 2.85. The van der Waals surface area contributed by atoms with Crippen molar-refractivity contribution in [3.05, 3.63) is 29.0 Å². The molecule has 0 bridgehead atoms. The number of hydrogen-bond acceptors (Lipinski definition) is 6. The molecule has 0 spiro atoms. The molecular formula is C22H32ClN5O2. The Balaban J connectivity index is 1.78. The Morgan fingerprint density at radius 3 is 2.60 bits per heavy atom. The Bertz CT molecular complexity index is 855. The van der Waals surface area contributed by atoms with Gasteiger partial charge >= 0.3 is 0 Å². The molecule has 0 saturated carbocycles. The van der Waals surface area contributed by atoms with Gasteiger partial charge in [0.2, 0.25) is 5.91 Å². The second-order valence-corrected chi connectivity index (χ2v) is 7.96. The van der Waals surface area contributed by atoms with Crippen LogP contribution in [0.25, 0.3) is 10.9 Å². The molecule has 0 aliphatic carbocycles.